The molecule has 0 fully saturated rings. The van der Waals surface area contributed by atoms with Crippen molar-refractivity contribution in [2.75, 3.05) is 6.54 Å². The first kappa shape index (κ1) is 12.3. The molecule has 0 radical (unpaired) electrons. The number of non-ortho nitro benzene ring substituents is 1. The van der Waals surface area contributed by atoms with Gasteiger partial charge in [0.15, 0.2) is 0 Å². The van der Waals surface area contributed by atoms with Crippen molar-refractivity contribution in [2.24, 2.45) is 0 Å². The van der Waals surface area contributed by atoms with Crippen LogP contribution in [-0.4, -0.2) is 16.5 Å². The van der Waals surface area contributed by atoms with E-state index in [0.29, 0.717) is 12.4 Å². The summed E-state index contributed by atoms with van der Waals surface area (Å²) in [7, 11) is 0. The molecule has 0 aliphatic rings. The van der Waals surface area contributed by atoms with Gasteiger partial charge in [0.1, 0.15) is 6.26 Å². The van der Waals surface area contributed by atoms with Crippen molar-refractivity contribution >= 4 is 5.69 Å². The van der Waals surface area contributed by atoms with Gasteiger partial charge in [-0.05, 0) is 18.7 Å². The van der Waals surface area contributed by atoms with Crippen LogP contribution in [0.15, 0.2) is 34.9 Å². The first-order valence-corrected chi connectivity index (χ1v) is 5.60. The molecule has 2 rings (SSSR count). The highest BCUT2D eigenvalue weighted by atomic mass is 16.6. The lowest BCUT2D eigenvalue weighted by Crippen LogP contribution is -2.11. The third-order valence-corrected chi connectivity index (χ3v) is 2.43. The minimum atomic E-state index is -0.435. The summed E-state index contributed by atoms with van der Waals surface area (Å²) >= 11 is 0. The summed E-state index contributed by atoms with van der Waals surface area (Å²) in [6.07, 6.45) is 1.58. The molecule has 1 aromatic heterocycles. The first-order chi connectivity index (χ1) is 8.70. The molecule has 0 aliphatic heterocycles. The number of nitro groups is 1. The molecule has 0 atom stereocenters. The van der Waals surface area contributed by atoms with E-state index in [9.17, 15) is 10.1 Å². The highest BCUT2D eigenvalue weighted by Gasteiger charge is 2.09. The fourth-order valence-electron chi connectivity index (χ4n) is 1.50. The minimum absolute atomic E-state index is 0.0539. The second-order valence-electron chi connectivity index (χ2n) is 3.73. The normalized spacial score (nSPS) is 10.5. The van der Waals surface area contributed by atoms with Crippen LogP contribution in [0.5, 0.6) is 0 Å². The zero-order valence-electron chi connectivity index (χ0n) is 9.92. The Morgan fingerprint density at radius 1 is 1.39 bits per heavy atom. The van der Waals surface area contributed by atoms with Crippen LogP contribution < -0.4 is 5.32 Å². The van der Waals surface area contributed by atoms with Gasteiger partial charge in [0, 0.05) is 24.2 Å². The van der Waals surface area contributed by atoms with Gasteiger partial charge in [0.2, 0.25) is 5.89 Å². The van der Waals surface area contributed by atoms with Crippen LogP contribution in [0.3, 0.4) is 0 Å². The summed E-state index contributed by atoms with van der Waals surface area (Å²) in [6.45, 7) is 3.52. The second-order valence-corrected chi connectivity index (χ2v) is 3.73. The Morgan fingerprint density at radius 2 is 2.11 bits per heavy atom. The first-order valence-electron chi connectivity index (χ1n) is 5.60. The highest BCUT2D eigenvalue weighted by molar-refractivity contribution is 5.55. The third kappa shape index (κ3) is 2.72. The molecule has 0 saturated carbocycles. The number of aromatic nitrogens is 1. The largest absolute Gasteiger partial charge is 0.444 e. The van der Waals surface area contributed by atoms with Gasteiger partial charge in [0.25, 0.3) is 5.69 Å². The molecule has 1 heterocycles. The Kier molecular flexibility index (Phi) is 3.69. The second kappa shape index (κ2) is 5.42. The zero-order valence-corrected chi connectivity index (χ0v) is 9.92. The third-order valence-electron chi connectivity index (χ3n) is 2.43. The Bertz CT molecular complexity index is 534. The van der Waals surface area contributed by atoms with E-state index in [1.165, 1.54) is 12.1 Å². The number of nitrogens with zero attached hydrogens (tertiary/aromatic N) is 2. The number of nitro benzene ring substituents is 1. The van der Waals surface area contributed by atoms with E-state index in [0.717, 1.165) is 17.8 Å². The van der Waals surface area contributed by atoms with Crippen molar-refractivity contribution in [1.29, 1.82) is 0 Å². The lowest BCUT2D eigenvalue weighted by atomic mass is 10.2. The monoisotopic (exact) mass is 247 g/mol. The van der Waals surface area contributed by atoms with Crippen LogP contribution >= 0.6 is 0 Å². The average Bonchev–Trinajstić information content (AvgIpc) is 2.85. The van der Waals surface area contributed by atoms with E-state index in [1.54, 1.807) is 18.4 Å². The van der Waals surface area contributed by atoms with Crippen molar-refractivity contribution in [3.63, 3.8) is 0 Å². The topological polar surface area (TPSA) is 81.2 Å². The van der Waals surface area contributed by atoms with Crippen molar-refractivity contribution < 1.29 is 9.34 Å². The van der Waals surface area contributed by atoms with Gasteiger partial charge < -0.3 is 9.73 Å². The van der Waals surface area contributed by atoms with Crippen molar-refractivity contribution in [3.8, 4) is 11.5 Å². The molecule has 0 aliphatic carbocycles. The maximum atomic E-state index is 10.5. The quantitative estimate of drug-likeness (QED) is 0.648. The fraction of sp³-hybridized carbons (Fsp3) is 0.250. The highest BCUT2D eigenvalue weighted by Crippen LogP contribution is 2.21. The van der Waals surface area contributed by atoms with E-state index >= 15 is 0 Å². The van der Waals surface area contributed by atoms with Crippen LogP contribution in [-0.2, 0) is 6.54 Å². The molecule has 2 aromatic rings. The smallest absolute Gasteiger partial charge is 0.269 e. The van der Waals surface area contributed by atoms with E-state index in [4.69, 9.17) is 4.42 Å². The van der Waals surface area contributed by atoms with Gasteiger partial charge in [-0.1, -0.05) is 6.92 Å². The average molecular weight is 247 g/mol. The molecule has 94 valence electrons. The molecule has 0 spiro atoms. The van der Waals surface area contributed by atoms with E-state index < -0.39 is 4.92 Å². The Balaban J connectivity index is 2.15. The molecule has 0 bridgehead atoms. The maximum Gasteiger partial charge on any atom is 0.269 e. The number of rotatable bonds is 5. The van der Waals surface area contributed by atoms with Gasteiger partial charge in [0.05, 0.1) is 10.6 Å². The van der Waals surface area contributed by atoms with Crippen LogP contribution in [0.1, 0.15) is 12.6 Å². The minimum Gasteiger partial charge on any atom is -0.444 e. The number of benzene rings is 1. The summed E-state index contributed by atoms with van der Waals surface area (Å²) in [5.74, 6) is 0.470. The maximum absolute atomic E-state index is 10.5. The molecule has 1 N–H and O–H groups in total. The summed E-state index contributed by atoms with van der Waals surface area (Å²) in [5, 5.41) is 13.7. The molecule has 6 heteroatoms. The molecular formula is C12H13N3O3. The summed E-state index contributed by atoms with van der Waals surface area (Å²) in [5.41, 5.74) is 1.59. The molecule has 1 aromatic carbocycles. The van der Waals surface area contributed by atoms with Gasteiger partial charge in [-0.15, -0.1) is 0 Å². The van der Waals surface area contributed by atoms with Crippen LogP contribution in [0.25, 0.3) is 11.5 Å². The molecular weight excluding hydrogens is 234 g/mol. The SMILES string of the molecule is CCNCc1coc(-c2ccc([N+](=O)[O-])cc2)n1. The molecule has 0 saturated heterocycles. The van der Waals surface area contributed by atoms with Crippen LogP contribution in [0.4, 0.5) is 5.69 Å². The Morgan fingerprint density at radius 3 is 2.72 bits per heavy atom. The van der Waals surface area contributed by atoms with Crippen molar-refractivity contribution in [1.82, 2.24) is 10.3 Å². The summed E-state index contributed by atoms with van der Waals surface area (Å²) < 4.78 is 5.33. The van der Waals surface area contributed by atoms with E-state index in [1.807, 2.05) is 6.92 Å². The molecule has 0 amide bonds. The summed E-state index contributed by atoms with van der Waals surface area (Å²) in [4.78, 5) is 14.4. The fourth-order valence-corrected chi connectivity index (χ4v) is 1.50. The predicted octanol–water partition coefficient (Wildman–Crippen LogP) is 2.36. The van der Waals surface area contributed by atoms with Crippen LogP contribution in [0.2, 0.25) is 0 Å². The summed E-state index contributed by atoms with van der Waals surface area (Å²) in [6, 6.07) is 6.12. The Hall–Kier alpha value is -2.21. The zero-order chi connectivity index (χ0) is 13.0. The molecule has 0 unspecified atom stereocenters. The number of oxazole rings is 1. The van der Waals surface area contributed by atoms with Gasteiger partial charge in [-0.25, -0.2) is 4.98 Å². The standard InChI is InChI=1S/C12H13N3O3/c1-2-13-7-10-8-18-12(14-10)9-3-5-11(6-4-9)15(16)17/h3-6,8,13H,2,7H2,1H3. The Labute approximate surface area is 104 Å². The lowest BCUT2D eigenvalue weighted by molar-refractivity contribution is -0.384. The van der Waals surface area contributed by atoms with Gasteiger partial charge >= 0.3 is 0 Å². The van der Waals surface area contributed by atoms with Crippen molar-refractivity contribution in [2.45, 2.75) is 13.5 Å². The van der Waals surface area contributed by atoms with Gasteiger partial charge in [-0.2, -0.15) is 0 Å². The number of hydrogen-bond acceptors (Lipinski definition) is 5. The van der Waals surface area contributed by atoms with Crippen LogP contribution in [0, 0.1) is 10.1 Å². The lowest BCUT2D eigenvalue weighted by Gasteiger charge is -1.95. The predicted molar refractivity (Wildman–Crippen MR) is 66.0 cm³/mol. The molecule has 18 heavy (non-hydrogen) atoms. The number of hydrogen-bond donors (Lipinski definition) is 1. The van der Waals surface area contributed by atoms with Crippen molar-refractivity contribution in [3.05, 3.63) is 46.3 Å². The van der Waals surface area contributed by atoms with E-state index in [2.05, 4.69) is 10.3 Å². The molecule has 6 nitrogen and oxygen atoms in total. The van der Waals surface area contributed by atoms with E-state index in [-0.39, 0.29) is 5.69 Å². The van der Waals surface area contributed by atoms with Gasteiger partial charge in [-0.3, -0.25) is 10.1 Å². The number of nitrogens with one attached hydrogen (secondary N) is 1.